The fraction of sp³-hybridized carbons (Fsp3) is 0.588. The lowest BCUT2D eigenvalue weighted by Gasteiger charge is -2.21. The van der Waals surface area contributed by atoms with Gasteiger partial charge in [-0.25, -0.2) is 4.98 Å². The van der Waals surface area contributed by atoms with E-state index < -0.39 is 0 Å². The zero-order valence-corrected chi connectivity index (χ0v) is 12.7. The molecule has 1 atom stereocenters. The Labute approximate surface area is 120 Å². The normalized spacial score (nSPS) is 20.4. The van der Waals surface area contributed by atoms with E-state index in [0.29, 0.717) is 5.92 Å². The van der Waals surface area contributed by atoms with Gasteiger partial charge in [0.2, 0.25) is 0 Å². The SMILES string of the molecule is CC(C)(C)c1ccc2oc(CC3CCCNC3)nc2c1. The number of benzene rings is 1. The molecule has 0 amide bonds. The van der Waals surface area contributed by atoms with Gasteiger partial charge in [0.25, 0.3) is 0 Å². The van der Waals surface area contributed by atoms with Gasteiger partial charge in [-0.05, 0) is 55.0 Å². The number of hydrogen-bond acceptors (Lipinski definition) is 3. The highest BCUT2D eigenvalue weighted by Gasteiger charge is 2.18. The molecule has 0 saturated carbocycles. The second kappa shape index (κ2) is 5.21. The average molecular weight is 272 g/mol. The second-order valence-electron chi connectivity index (χ2n) is 6.96. The minimum absolute atomic E-state index is 0.153. The van der Waals surface area contributed by atoms with Gasteiger partial charge in [-0.2, -0.15) is 0 Å². The smallest absolute Gasteiger partial charge is 0.195 e. The van der Waals surface area contributed by atoms with Crippen molar-refractivity contribution in [3.05, 3.63) is 29.7 Å². The summed E-state index contributed by atoms with van der Waals surface area (Å²) in [7, 11) is 0. The fourth-order valence-corrected chi connectivity index (χ4v) is 2.87. The molecule has 1 aromatic heterocycles. The third-order valence-corrected chi connectivity index (χ3v) is 4.16. The Balaban J connectivity index is 1.83. The van der Waals surface area contributed by atoms with Gasteiger partial charge in [0, 0.05) is 6.42 Å². The topological polar surface area (TPSA) is 38.1 Å². The molecule has 0 bridgehead atoms. The molecule has 3 nitrogen and oxygen atoms in total. The highest BCUT2D eigenvalue weighted by atomic mass is 16.3. The molecule has 1 aromatic carbocycles. The third kappa shape index (κ3) is 2.88. The van der Waals surface area contributed by atoms with Crippen LogP contribution in [0, 0.1) is 5.92 Å². The Morgan fingerprint density at radius 2 is 2.20 bits per heavy atom. The first-order valence-electron chi connectivity index (χ1n) is 7.63. The van der Waals surface area contributed by atoms with E-state index in [1.807, 2.05) is 0 Å². The van der Waals surface area contributed by atoms with Crippen molar-refractivity contribution >= 4 is 11.1 Å². The van der Waals surface area contributed by atoms with Gasteiger partial charge in [0.15, 0.2) is 11.5 Å². The standard InChI is InChI=1S/C17H24N2O/c1-17(2,3)13-6-7-15-14(10-13)19-16(20-15)9-12-5-4-8-18-11-12/h6-7,10,12,18H,4-5,8-9,11H2,1-3H3. The maximum Gasteiger partial charge on any atom is 0.195 e. The monoisotopic (exact) mass is 272 g/mol. The van der Waals surface area contributed by atoms with Gasteiger partial charge in [0.1, 0.15) is 5.52 Å². The molecule has 0 spiro atoms. The number of rotatable bonds is 2. The summed E-state index contributed by atoms with van der Waals surface area (Å²) in [6.45, 7) is 8.92. The minimum Gasteiger partial charge on any atom is -0.441 e. The summed E-state index contributed by atoms with van der Waals surface area (Å²) >= 11 is 0. The highest BCUT2D eigenvalue weighted by Crippen LogP contribution is 2.27. The molecule has 2 heterocycles. The van der Waals surface area contributed by atoms with E-state index in [0.717, 1.165) is 36.5 Å². The molecular weight excluding hydrogens is 248 g/mol. The lowest BCUT2D eigenvalue weighted by molar-refractivity contribution is 0.349. The summed E-state index contributed by atoms with van der Waals surface area (Å²) in [5, 5.41) is 3.45. The van der Waals surface area contributed by atoms with Crippen molar-refractivity contribution < 1.29 is 4.42 Å². The van der Waals surface area contributed by atoms with Gasteiger partial charge >= 0.3 is 0 Å². The maximum absolute atomic E-state index is 5.90. The first-order chi connectivity index (χ1) is 9.52. The molecular formula is C17H24N2O. The molecule has 0 aliphatic carbocycles. The number of hydrogen-bond donors (Lipinski definition) is 1. The van der Waals surface area contributed by atoms with E-state index in [4.69, 9.17) is 4.42 Å². The van der Waals surface area contributed by atoms with E-state index in [9.17, 15) is 0 Å². The van der Waals surface area contributed by atoms with E-state index in [1.54, 1.807) is 0 Å². The number of fused-ring (bicyclic) bond motifs is 1. The van der Waals surface area contributed by atoms with Gasteiger partial charge < -0.3 is 9.73 Å². The highest BCUT2D eigenvalue weighted by molar-refractivity contribution is 5.73. The van der Waals surface area contributed by atoms with Crippen molar-refractivity contribution in [3.63, 3.8) is 0 Å². The van der Waals surface area contributed by atoms with Gasteiger partial charge in [-0.15, -0.1) is 0 Å². The lowest BCUT2D eigenvalue weighted by atomic mass is 9.87. The van der Waals surface area contributed by atoms with Crippen LogP contribution >= 0.6 is 0 Å². The van der Waals surface area contributed by atoms with Crippen LogP contribution in [0.4, 0.5) is 0 Å². The first-order valence-corrected chi connectivity index (χ1v) is 7.63. The number of oxazole rings is 1. The molecule has 1 aliphatic heterocycles. The van der Waals surface area contributed by atoms with E-state index in [-0.39, 0.29) is 5.41 Å². The van der Waals surface area contributed by atoms with Crippen LogP contribution in [0.2, 0.25) is 0 Å². The molecule has 1 unspecified atom stereocenters. The predicted molar refractivity (Wildman–Crippen MR) is 82.0 cm³/mol. The van der Waals surface area contributed by atoms with Gasteiger partial charge in [-0.3, -0.25) is 0 Å². The molecule has 1 N–H and O–H groups in total. The summed E-state index contributed by atoms with van der Waals surface area (Å²) in [5.74, 6) is 1.55. The van der Waals surface area contributed by atoms with E-state index >= 15 is 0 Å². The number of nitrogens with one attached hydrogen (secondary N) is 1. The number of piperidine rings is 1. The molecule has 1 aliphatic rings. The Hall–Kier alpha value is -1.35. The predicted octanol–water partition coefficient (Wildman–Crippen LogP) is 3.67. The van der Waals surface area contributed by atoms with Crippen molar-refractivity contribution in [1.29, 1.82) is 0 Å². The minimum atomic E-state index is 0.153. The summed E-state index contributed by atoms with van der Waals surface area (Å²) in [6.07, 6.45) is 3.49. The Morgan fingerprint density at radius 1 is 1.35 bits per heavy atom. The average Bonchev–Trinajstić information content (AvgIpc) is 2.80. The number of nitrogens with zero attached hydrogens (tertiary/aromatic N) is 1. The Kier molecular flexibility index (Phi) is 3.55. The molecule has 2 aromatic rings. The van der Waals surface area contributed by atoms with Gasteiger partial charge in [0.05, 0.1) is 0 Å². The first kappa shape index (κ1) is 13.6. The second-order valence-corrected chi connectivity index (χ2v) is 6.96. The fourth-order valence-electron chi connectivity index (χ4n) is 2.87. The van der Waals surface area contributed by atoms with Crippen molar-refractivity contribution in [2.75, 3.05) is 13.1 Å². The van der Waals surface area contributed by atoms with Crippen LogP contribution in [0.15, 0.2) is 22.6 Å². The third-order valence-electron chi connectivity index (χ3n) is 4.16. The zero-order valence-electron chi connectivity index (χ0n) is 12.7. The molecule has 3 rings (SSSR count). The molecule has 0 radical (unpaired) electrons. The van der Waals surface area contributed by atoms with Crippen molar-refractivity contribution in [1.82, 2.24) is 10.3 Å². The molecule has 20 heavy (non-hydrogen) atoms. The Morgan fingerprint density at radius 3 is 2.90 bits per heavy atom. The van der Waals surface area contributed by atoms with Crippen molar-refractivity contribution in [3.8, 4) is 0 Å². The van der Waals surface area contributed by atoms with Crippen LogP contribution < -0.4 is 5.32 Å². The lowest BCUT2D eigenvalue weighted by Crippen LogP contribution is -2.30. The Bertz CT molecular complexity index is 589. The van der Waals surface area contributed by atoms with Crippen molar-refractivity contribution in [2.45, 2.75) is 45.4 Å². The maximum atomic E-state index is 5.90. The van der Waals surface area contributed by atoms with Crippen LogP contribution in [-0.4, -0.2) is 18.1 Å². The van der Waals surface area contributed by atoms with E-state index in [1.165, 1.54) is 18.4 Å². The molecule has 3 heteroatoms. The molecule has 108 valence electrons. The summed E-state index contributed by atoms with van der Waals surface area (Å²) < 4.78 is 5.90. The quantitative estimate of drug-likeness (QED) is 0.906. The molecule has 1 saturated heterocycles. The summed E-state index contributed by atoms with van der Waals surface area (Å²) in [5.41, 5.74) is 3.37. The van der Waals surface area contributed by atoms with Gasteiger partial charge in [-0.1, -0.05) is 26.8 Å². The van der Waals surface area contributed by atoms with E-state index in [2.05, 4.69) is 49.3 Å². The van der Waals surface area contributed by atoms with Crippen LogP contribution in [0.5, 0.6) is 0 Å². The van der Waals surface area contributed by atoms with Crippen molar-refractivity contribution in [2.24, 2.45) is 5.92 Å². The summed E-state index contributed by atoms with van der Waals surface area (Å²) in [4.78, 5) is 4.69. The molecule has 1 fully saturated rings. The van der Waals surface area contributed by atoms with Crippen LogP contribution in [0.25, 0.3) is 11.1 Å². The zero-order chi connectivity index (χ0) is 14.2. The number of aromatic nitrogens is 1. The largest absolute Gasteiger partial charge is 0.441 e. The van der Waals surface area contributed by atoms with Crippen LogP contribution in [0.1, 0.15) is 45.1 Å². The summed E-state index contributed by atoms with van der Waals surface area (Å²) in [6, 6.07) is 6.38. The van der Waals surface area contributed by atoms with Crippen LogP contribution in [0.3, 0.4) is 0 Å². The van der Waals surface area contributed by atoms with Crippen LogP contribution in [-0.2, 0) is 11.8 Å².